The summed E-state index contributed by atoms with van der Waals surface area (Å²) in [6, 6.07) is 13.2. The average molecular weight is 612 g/mol. The molecule has 1 aromatic heterocycles. The van der Waals surface area contributed by atoms with Gasteiger partial charge in [-0.05, 0) is 92.1 Å². The summed E-state index contributed by atoms with van der Waals surface area (Å²) in [6.45, 7) is 6.24. The van der Waals surface area contributed by atoms with E-state index >= 15 is 0 Å². The van der Waals surface area contributed by atoms with Crippen molar-refractivity contribution in [2.45, 2.75) is 76.3 Å². The molecule has 236 valence electrons. The number of rotatable bonds is 11. The molecule has 0 radical (unpaired) electrons. The van der Waals surface area contributed by atoms with E-state index in [0.717, 1.165) is 35.1 Å². The second kappa shape index (κ2) is 13.2. The standard InChI is InChI=1S/C34H41N7O4/c1-20(2)32-39-40-33(45-32)34(14-15-38-19-29(42)41(21(3)18-35)26-10-11-26)27-12-8-24(30(43)36-4)16-22(27)6-7-23-17-25(31(44)37-5)9-13-28(23)34/h8-9,12-13,16-17,20-21,26,38H,6-7,10-11,14-15,19H2,1-5H3,(H,36,43)(H,37,44). The van der Waals surface area contributed by atoms with Crippen LogP contribution in [-0.4, -0.2) is 72.1 Å². The molecule has 3 N–H and O–H groups in total. The Balaban J connectivity index is 1.60. The lowest BCUT2D eigenvalue weighted by atomic mass is 9.69. The summed E-state index contributed by atoms with van der Waals surface area (Å²) >= 11 is 0. The van der Waals surface area contributed by atoms with Crippen LogP contribution >= 0.6 is 0 Å². The highest BCUT2D eigenvalue weighted by Crippen LogP contribution is 2.47. The summed E-state index contributed by atoms with van der Waals surface area (Å²) in [5.41, 5.74) is 3.97. The fourth-order valence-corrected chi connectivity index (χ4v) is 6.38. The number of hydrogen-bond donors (Lipinski definition) is 3. The van der Waals surface area contributed by atoms with Crippen LogP contribution in [0.2, 0.25) is 0 Å². The molecule has 2 aliphatic rings. The Morgan fingerprint density at radius 3 is 2.02 bits per heavy atom. The van der Waals surface area contributed by atoms with Gasteiger partial charge in [0.2, 0.25) is 17.7 Å². The molecule has 1 saturated carbocycles. The Morgan fingerprint density at radius 2 is 1.56 bits per heavy atom. The zero-order valence-electron chi connectivity index (χ0n) is 26.6. The number of carbonyl (C=O) groups excluding carboxylic acids is 3. The fraction of sp³-hybridized carbons (Fsp3) is 0.471. The molecule has 0 saturated heterocycles. The summed E-state index contributed by atoms with van der Waals surface area (Å²) in [7, 11) is 3.21. The maximum absolute atomic E-state index is 13.2. The van der Waals surface area contributed by atoms with Crippen LogP contribution in [0.1, 0.15) is 101 Å². The average Bonchev–Trinajstić information content (AvgIpc) is 3.78. The predicted molar refractivity (Wildman–Crippen MR) is 168 cm³/mol. The van der Waals surface area contributed by atoms with Crippen LogP contribution in [0, 0.1) is 11.3 Å². The molecule has 1 atom stereocenters. The van der Waals surface area contributed by atoms with Gasteiger partial charge in [0.1, 0.15) is 11.5 Å². The number of nitriles is 1. The van der Waals surface area contributed by atoms with Crippen LogP contribution in [0.4, 0.5) is 0 Å². The summed E-state index contributed by atoms with van der Waals surface area (Å²) in [5.74, 6) is 0.465. The lowest BCUT2D eigenvalue weighted by molar-refractivity contribution is -0.131. The number of hydrogen-bond acceptors (Lipinski definition) is 8. The minimum atomic E-state index is -0.935. The van der Waals surface area contributed by atoms with Crippen molar-refractivity contribution >= 4 is 17.7 Å². The summed E-state index contributed by atoms with van der Waals surface area (Å²) in [6.07, 6.45) is 3.55. The molecule has 3 amide bonds. The molecule has 2 aliphatic carbocycles. The molecule has 11 heteroatoms. The fourth-order valence-electron chi connectivity index (χ4n) is 6.38. The SMILES string of the molecule is CNC(=O)c1ccc2c(c1)CCc1cc(C(=O)NC)ccc1C2(CCNCC(=O)N(C(C)C#N)C1CC1)c1nnc(C(C)C)o1. The van der Waals surface area contributed by atoms with E-state index in [1.807, 2.05) is 50.2 Å². The molecule has 3 aromatic rings. The van der Waals surface area contributed by atoms with E-state index < -0.39 is 11.5 Å². The van der Waals surface area contributed by atoms with Crippen molar-refractivity contribution < 1.29 is 18.8 Å². The van der Waals surface area contributed by atoms with Crippen molar-refractivity contribution in [3.8, 4) is 6.07 Å². The number of carbonyl (C=O) groups is 3. The van der Waals surface area contributed by atoms with Crippen molar-refractivity contribution in [2.24, 2.45) is 0 Å². The van der Waals surface area contributed by atoms with Crippen molar-refractivity contribution in [1.29, 1.82) is 5.26 Å². The zero-order valence-corrected chi connectivity index (χ0v) is 26.6. The normalized spacial score (nSPS) is 15.7. The molecule has 11 nitrogen and oxygen atoms in total. The van der Waals surface area contributed by atoms with E-state index in [-0.39, 0.29) is 36.2 Å². The third-order valence-corrected chi connectivity index (χ3v) is 8.86. The number of aryl methyl sites for hydroxylation is 2. The maximum Gasteiger partial charge on any atom is 0.251 e. The van der Waals surface area contributed by atoms with Gasteiger partial charge in [0.05, 0.1) is 12.6 Å². The van der Waals surface area contributed by atoms with Crippen LogP contribution in [0.15, 0.2) is 40.8 Å². The van der Waals surface area contributed by atoms with E-state index in [2.05, 4.69) is 32.2 Å². The Hall–Kier alpha value is -4.56. The Bertz CT molecular complexity index is 1570. The molecule has 5 rings (SSSR count). The topological polar surface area (TPSA) is 153 Å². The van der Waals surface area contributed by atoms with Crippen LogP contribution in [0.5, 0.6) is 0 Å². The number of fused-ring (bicyclic) bond motifs is 2. The van der Waals surface area contributed by atoms with Crippen molar-refractivity contribution in [3.63, 3.8) is 0 Å². The molecule has 2 aromatic carbocycles. The first-order chi connectivity index (χ1) is 21.6. The first kappa shape index (κ1) is 31.9. The largest absolute Gasteiger partial charge is 0.424 e. The Morgan fingerprint density at radius 1 is 0.978 bits per heavy atom. The zero-order chi connectivity index (χ0) is 32.3. The van der Waals surface area contributed by atoms with Gasteiger partial charge in [0, 0.05) is 37.2 Å². The highest BCUT2D eigenvalue weighted by Gasteiger charge is 2.46. The first-order valence-electron chi connectivity index (χ1n) is 15.6. The summed E-state index contributed by atoms with van der Waals surface area (Å²) in [5, 5.41) is 27.3. The van der Waals surface area contributed by atoms with Gasteiger partial charge in [-0.25, -0.2) is 0 Å². The van der Waals surface area contributed by atoms with Crippen molar-refractivity contribution in [2.75, 3.05) is 27.2 Å². The molecule has 1 fully saturated rings. The van der Waals surface area contributed by atoms with Crippen LogP contribution in [0.3, 0.4) is 0 Å². The number of amides is 3. The summed E-state index contributed by atoms with van der Waals surface area (Å²) in [4.78, 5) is 40.2. The molecular weight excluding hydrogens is 570 g/mol. The molecular formula is C34H41N7O4. The van der Waals surface area contributed by atoms with Crippen molar-refractivity contribution in [3.05, 3.63) is 81.6 Å². The molecule has 0 spiro atoms. The van der Waals surface area contributed by atoms with Gasteiger partial charge in [-0.15, -0.1) is 10.2 Å². The van der Waals surface area contributed by atoms with E-state index in [9.17, 15) is 19.6 Å². The van der Waals surface area contributed by atoms with E-state index in [0.29, 0.717) is 48.7 Å². The number of nitrogens with one attached hydrogen (secondary N) is 3. The van der Waals surface area contributed by atoms with Gasteiger partial charge >= 0.3 is 0 Å². The van der Waals surface area contributed by atoms with Gasteiger partial charge < -0.3 is 25.3 Å². The highest BCUT2D eigenvalue weighted by molar-refractivity contribution is 5.95. The lowest BCUT2D eigenvalue weighted by Crippen LogP contribution is -2.45. The predicted octanol–water partition coefficient (Wildman–Crippen LogP) is 3.23. The first-order valence-corrected chi connectivity index (χ1v) is 15.6. The van der Waals surface area contributed by atoms with Gasteiger partial charge in [0.25, 0.3) is 11.8 Å². The second-order valence-corrected chi connectivity index (χ2v) is 12.2. The number of benzene rings is 2. The maximum atomic E-state index is 13.2. The van der Waals surface area contributed by atoms with Crippen LogP contribution in [-0.2, 0) is 23.1 Å². The Labute approximate surface area is 263 Å². The third-order valence-electron chi connectivity index (χ3n) is 8.86. The quantitative estimate of drug-likeness (QED) is 0.280. The summed E-state index contributed by atoms with van der Waals surface area (Å²) < 4.78 is 6.44. The van der Waals surface area contributed by atoms with Gasteiger partial charge in [-0.2, -0.15) is 5.26 Å². The van der Waals surface area contributed by atoms with E-state index in [1.54, 1.807) is 25.9 Å². The minimum absolute atomic E-state index is 0.00514. The smallest absolute Gasteiger partial charge is 0.251 e. The minimum Gasteiger partial charge on any atom is -0.424 e. The molecule has 1 unspecified atom stereocenters. The van der Waals surface area contributed by atoms with Crippen molar-refractivity contribution in [1.82, 2.24) is 31.0 Å². The third kappa shape index (κ3) is 6.20. The number of aromatic nitrogens is 2. The van der Waals surface area contributed by atoms with Gasteiger partial charge in [0.15, 0.2) is 0 Å². The Kier molecular flexibility index (Phi) is 9.34. The highest BCUT2D eigenvalue weighted by atomic mass is 16.4. The molecule has 45 heavy (non-hydrogen) atoms. The molecule has 0 aliphatic heterocycles. The van der Waals surface area contributed by atoms with Crippen LogP contribution in [0.25, 0.3) is 0 Å². The van der Waals surface area contributed by atoms with Gasteiger partial charge in [-0.1, -0.05) is 26.0 Å². The van der Waals surface area contributed by atoms with E-state index in [1.165, 1.54) is 0 Å². The van der Waals surface area contributed by atoms with E-state index in [4.69, 9.17) is 4.42 Å². The lowest BCUT2D eigenvalue weighted by Gasteiger charge is -2.34. The molecule has 0 bridgehead atoms. The monoisotopic (exact) mass is 611 g/mol. The van der Waals surface area contributed by atoms with Crippen LogP contribution < -0.4 is 16.0 Å². The number of nitrogens with zero attached hydrogens (tertiary/aromatic N) is 4. The van der Waals surface area contributed by atoms with Gasteiger partial charge in [-0.3, -0.25) is 14.4 Å². The molecule has 1 heterocycles. The second-order valence-electron chi connectivity index (χ2n) is 12.2.